The molecule has 0 bridgehead atoms. The van der Waals surface area contributed by atoms with E-state index >= 15 is 0 Å². The summed E-state index contributed by atoms with van der Waals surface area (Å²) in [6.07, 6.45) is 3.04. The van der Waals surface area contributed by atoms with Crippen LogP contribution in [-0.4, -0.2) is 18.6 Å². The van der Waals surface area contributed by atoms with Crippen molar-refractivity contribution in [2.75, 3.05) is 13.7 Å². The number of nitrogens with one attached hydrogen (secondary N) is 2. The SMILES string of the molecule is COc1cc(CNCCc2c[nH]c3ccccc23)c(Br)cc1OCc1ccc(Cl)c(Cl)c1. The second kappa shape index (κ2) is 10.6. The molecule has 4 nitrogen and oxygen atoms in total. The Bertz CT molecular complexity index is 1230. The maximum atomic E-state index is 6.09. The van der Waals surface area contributed by atoms with E-state index in [1.807, 2.05) is 24.3 Å². The number of benzene rings is 3. The maximum absolute atomic E-state index is 6.09. The van der Waals surface area contributed by atoms with Gasteiger partial charge in [-0.1, -0.05) is 63.4 Å². The predicted octanol–water partition coefficient (Wildman–Crippen LogP) is 7.16. The summed E-state index contributed by atoms with van der Waals surface area (Å²) in [7, 11) is 1.64. The van der Waals surface area contributed by atoms with E-state index in [9.17, 15) is 0 Å². The lowest BCUT2D eigenvalue weighted by atomic mass is 10.1. The summed E-state index contributed by atoms with van der Waals surface area (Å²) in [5.74, 6) is 1.34. The Balaban J connectivity index is 1.36. The molecule has 32 heavy (non-hydrogen) atoms. The van der Waals surface area contributed by atoms with Gasteiger partial charge in [-0.15, -0.1) is 0 Å². The number of hydrogen-bond acceptors (Lipinski definition) is 3. The summed E-state index contributed by atoms with van der Waals surface area (Å²) in [5, 5.41) is 5.83. The molecule has 3 aromatic carbocycles. The minimum atomic E-state index is 0.363. The first kappa shape index (κ1) is 23.0. The lowest BCUT2D eigenvalue weighted by Crippen LogP contribution is -2.17. The monoisotopic (exact) mass is 532 g/mol. The Morgan fingerprint density at radius 1 is 0.969 bits per heavy atom. The summed E-state index contributed by atoms with van der Waals surface area (Å²) in [5.41, 5.74) is 4.52. The van der Waals surface area contributed by atoms with Crippen LogP contribution in [-0.2, 0) is 19.6 Å². The number of aromatic amines is 1. The Morgan fingerprint density at radius 3 is 2.62 bits per heavy atom. The van der Waals surface area contributed by atoms with Crippen LogP contribution in [0, 0.1) is 0 Å². The smallest absolute Gasteiger partial charge is 0.162 e. The number of halogens is 3. The fourth-order valence-corrected chi connectivity index (χ4v) is 4.34. The molecular formula is C25H23BrCl2N2O2. The van der Waals surface area contributed by atoms with Crippen LogP contribution in [0.4, 0.5) is 0 Å². The summed E-state index contributed by atoms with van der Waals surface area (Å²) >= 11 is 15.7. The first-order chi connectivity index (χ1) is 15.5. The fraction of sp³-hybridized carbons (Fsp3) is 0.200. The van der Waals surface area contributed by atoms with E-state index in [4.69, 9.17) is 32.7 Å². The van der Waals surface area contributed by atoms with Crippen molar-refractivity contribution in [2.45, 2.75) is 19.6 Å². The quantitative estimate of drug-likeness (QED) is 0.224. The van der Waals surface area contributed by atoms with E-state index in [0.717, 1.165) is 28.6 Å². The predicted molar refractivity (Wildman–Crippen MR) is 135 cm³/mol. The van der Waals surface area contributed by atoms with Gasteiger partial charge in [-0.25, -0.2) is 0 Å². The first-order valence-corrected chi connectivity index (χ1v) is 11.8. The molecule has 1 heterocycles. The van der Waals surface area contributed by atoms with Crippen molar-refractivity contribution in [2.24, 2.45) is 0 Å². The van der Waals surface area contributed by atoms with Crippen LogP contribution in [0.2, 0.25) is 10.0 Å². The Kier molecular flexibility index (Phi) is 7.63. The molecule has 0 amide bonds. The molecule has 0 unspecified atom stereocenters. The lowest BCUT2D eigenvalue weighted by Gasteiger charge is -2.15. The van der Waals surface area contributed by atoms with E-state index in [1.54, 1.807) is 19.2 Å². The number of rotatable bonds is 9. The molecule has 4 rings (SSSR count). The Morgan fingerprint density at radius 2 is 1.81 bits per heavy atom. The molecule has 0 aliphatic rings. The molecule has 0 aliphatic carbocycles. The van der Waals surface area contributed by atoms with Gasteiger partial charge in [0, 0.05) is 28.1 Å². The zero-order chi connectivity index (χ0) is 22.5. The molecule has 0 spiro atoms. The van der Waals surface area contributed by atoms with E-state index in [0.29, 0.717) is 34.7 Å². The maximum Gasteiger partial charge on any atom is 0.162 e. The van der Waals surface area contributed by atoms with Crippen LogP contribution in [0.3, 0.4) is 0 Å². The van der Waals surface area contributed by atoms with Gasteiger partial charge in [-0.3, -0.25) is 0 Å². The second-order valence-corrected chi connectivity index (χ2v) is 9.09. The molecule has 0 fully saturated rings. The fourth-order valence-electron chi connectivity index (χ4n) is 3.56. The highest BCUT2D eigenvalue weighted by Crippen LogP contribution is 2.34. The largest absolute Gasteiger partial charge is 0.493 e. The van der Waals surface area contributed by atoms with Gasteiger partial charge in [-0.05, 0) is 60.0 Å². The van der Waals surface area contributed by atoms with Crippen LogP contribution in [0.25, 0.3) is 10.9 Å². The van der Waals surface area contributed by atoms with E-state index in [2.05, 4.69) is 50.6 Å². The zero-order valence-corrected chi connectivity index (χ0v) is 20.7. The summed E-state index contributed by atoms with van der Waals surface area (Å²) < 4.78 is 12.5. The highest BCUT2D eigenvalue weighted by Gasteiger charge is 2.11. The van der Waals surface area contributed by atoms with Gasteiger partial charge in [0.2, 0.25) is 0 Å². The lowest BCUT2D eigenvalue weighted by molar-refractivity contribution is 0.284. The zero-order valence-electron chi connectivity index (χ0n) is 17.6. The topological polar surface area (TPSA) is 46.3 Å². The van der Waals surface area contributed by atoms with Crippen molar-refractivity contribution < 1.29 is 9.47 Å². The molecule has 2 N–H and O–H groups in total. The van der Waals surface area contributed by atoms with E-state index in [1.165, 1.54) is 16.5 Å². The van der Waals surface area contributed by atoms with Crippen LogP contribution in [0.5, 0.6) is 11.5 Å². The highest BCUT2D eigenvalue weighted by molar-refractivity contribution is 9.10. The molecular weight excluding hydrogens is 511 g/mol. The molecule has 0 radical (unpaired) electrons. The van der Waals surface area contributed by atoms with Crippen LogP contribution < -0.4 is 14.8 Å². The van der Waals surface area contributed by atoms with Gasteiger partial charge >= 0.3 is 0 Å². The van der Waals surface area contributed by atoms with Crippen molar-refractivity contribution in [1.82, 2.24) is 10.3 Å². The van der Waals surface area contributed by atoms with E-state index < -0.39 is 0 Å². The van der Waals surface area contributed by atoms with Crippen molar-refractivity contribution >= 4 is 50.0 Å². The molecule has 0 aliphatic heterocycles. The summed E-state index contributed by atoms with van der Waals surface area (Å²) in [4.78, 5) is 3.33. The highest BCUT2D eigenvalue weighted by atomic mass is 79.9. The molecule has 0 saturated heterocycles. The third kappa shape index (κ3) is 5.41. The van der Waals surface area contributed by atoms with Gasteiger partial charge in [0.05, 0.1) is 17.2 Å². The standard InChI is InChI=1S/C25H23BrCl2N2O2/c1-31-24-11-18(13-29-9-8-17-14-30-23-5-3-2-4-19(17)23)20(26)12-25(24)32-15-16-6-7-21(27)22(28)10-16/h2-7,10-12,14,29-30H,8-9,13,15H2,1H3. The number of fused-ring (bicyclic) bond motifs is 1. The van der Waals surface area contributed by atoms with Crippen molar-refractivity contribution in [3.8, 4) is 11.5 Å². The minimum absolute atomic E-state index is 0.363. The normalized spacial score (nSPS) is 11.1. The Labute approximate surface area is 206 Å². The van der Waals surface area contributed by atoms with Crippen molar-refractivity contribution in [3.63, 3.8) is 0 Å². The average Bonchev–Trinajstić information content (AvgIpc) is 3.21. The van der Waals surface area contributed by atoms with Crippen LogP contribution >= 0.6 is 39.1 Å². The number of ether oxygens (including phenoxy) is 2. The average molecular weight is 534 g/mol. The molecule has 4 aromatic rings. The van der Waals surface area contributed by atoms with E-state index in [-0.39, 0.29) is 0 Å². The third-order valence-corrected chi connectivity index (χ3v) is 6.75. The second-order valence-electron chi connectivity index (χ2n) is 7.42. The molecule has 0 saturated carbocycles. The molecule has 1 aromatic heterocycles. The van der Waals surface area contributed by atoms with Gasteiger partial charge in [0.1, 0.15) is 6.61 Å². The van der Waals surface area contributed by atoms with Crippen LogP contribution in [0.15, 0.2) is 65.3 Å². The molecule has 7 heteroatoms. The summed E-state index contributed by atoms with van der Waals surface area (Å²) in [6.45, 7) is 1.94. The number of hydrogen-bond donors (Lipinski definition) is 2. The van der Waals surface area contributed by atoms with Gasteiger partial charge in [-0.2, -0.15) is 0 Å². The number of H-pyrrole nitrogens is 1. The van der Waals surface area contributed by atoms with Crippen LogP contribution in [0.1, 0.15) is 16.7 Å². The van der Waals surface area contributed by atoms with Gasteiger partial charge in [0.15, 0.2) is 11.5 Å². The Hall–Kier alpha value is -2.18. The van der Waals surface area contributed by atoms with Gasteiger partial charge < -0.3 is 19.8 Å². The molecule has 0 atom stereocenters. The number of methoxy groups -OCH3 is 1. The minimum Gasteiger partial charge on any atom is -0.493 e. The summed E-state index contributed by atoms with van der Waals surface area (Å²) in [6, 6.07) is 17.8. The number of aromatic nitrogens is 1. The number of para-hydroxylation sites is 1. The molecule has 166 valence electrons. The first-order valence-electron chi connectivity index (χ1n) is 10.2. The van der Waals surface area contributed by atoms with Gasteiger partial charge in [0.25, 0.3) is 0 Å². The third-order valence-electron chi connectivity index (χ3n) is 5.27. The van der Waals surface area contributed by atoms with Crippen molar-refractivity contribution in [3.05, 3.63) is 92.0 Å². The van der Waals surface area contributed by atoms with Crippen molar-refractivity contribution in [1.29, 1.82) is 0 Å².